The fourth-order valence-corrected chi connectivity index (χ4v) is 2.10. The third kappa shape index (κ3) is 2.53. The lowest BCUT2D eigenvalue weighted by Crippen LogP contribution is -2.29. The van der Waals surface area contributed by atoms with E-state index in [1.54, 1.807) is 12.1 Å². The van der Waals surface area contributed by atoms with Crippen LogP contribution in [0.5, 0.6) is 0 Å². The Labute approximate surface area is 111 Å². The first-order chi connectivity index (χ1) is 8.63. The van der Waals surface area contributed by atoms with Crippen LogP contribution in [0.1, 0.15) is 22.7 Å². The Morgan fingerprint density at radius 1 is 1.17 bits per heavy atom. The van der Waals surface area contributed by atoms with Gasteiger partial charge in [-0.15, -0.1) is 0 Å². The Kier molecular flexibility index (Phi) is 3.97. The van der Waals surface area contributed by atoms with Gasteiger partial charge in [0.15, 0.2) is 0 Å². The van der Waals surface area contributed by atoms with Crippen molar-refractivity contribution in [2.24, 2.45) is 5.84 Å². The molecule has 0 aliphatic heterocycles. The predicted octanol–water partition coefficient (Wildman–Crippen LogP) is 3.34. The van der Waals surface area contributed by atoms with Gasteiger partial charge in [0.2, 0.25) is 0 Å². The number of nitrogens with one attached hydrogen (secondary N) is 1. The molecule has 0 aromatic heterocycles. The summed E-state index contributed by atoms with van der Waals surface area (Å²) in [7, 11) is 0. The second kappa shape index (κ2) is 5.48. The molecule has 0 saturated heterocycles. The summed E-state index contributed by atoms with van der Waals surface area (Å²) in [6.45, 7) is 2.00. The number of aryl methyl sites for hydroxylation is 1. The van der Waals surface area contributed by atoms with Crippen LogP contribution in [-0.2, 0) is 0 Å². The maximum Gasteiger partial charge on any atom is 0.142 e. The van der Waals surface area contributed by atoms with Crippen LogP contribution in [0.3, 0.4) is 0 Å². The molecule has 0 saturated carbocycles. The van der Waals surface area contributed by atoms with Crippen molar-refractivity contribution < 1.29 is 4.39 Å². The standard InChI is InChI=1S/C14H14ClFN2/c1-9-5-7-10(8-6-9)14(18-17)11-3-2-4-12(16)13(11)15/h2-8,14,18H,17H2,1H3. The Morgan fingerprint density at radius 2 is 1.83 bits per heavy atom. The zero-order chi connectivity index (χ0) is 13.1. The molecule has 0 heterocycles. The molecule has 1 unspecified atom stereocenters. The number of nitrogens with two attached hydrogens (primary N) is 1. The van der Waals surface area contributed by atoms with Crippen molar-refractivity contribution >= 4 is 11.6 Å². The predicted molar refractivity (Wildman–Crippen MR) is 71.8 cm³/mol. The van der Waals surface area contributed by atoms with E-state index in [9.17, 15) is 4.39 Å². The molecular weight excluding hydrogens is 251 g/mol. The van der Waals surface area contributed by atoms with Crippen LogP contribution in [-0.4, -0.2) is 0 Å². The summed E-state index contributed by atoms with van der Waals surface area (Å²) >= 11 is 5.98. The zero-order valence-corrected chi connectivity index (χ0v) is 10.7. The fourth-order valence-electron chi connectivity index (χ4n) is 1.87. The molecule has 0 aliphatic carbocycles. The van der Waals surface area contributed by atoms with Crippen LogP contribution in [0.15, 0.2) is 42.5 Å². The molecule has 1 atom stereocenters. The number of halogens is 2. The average Bonchev–Trinajstić information content (AvgIpc) is 2.37. The van der Waals surface area contributed by atoms with Crippen molar-refractivity contribution in [2.75, 3.05) is 0 Å². The van der Waals surface area contributed by atoms with Gasteiger partial charge in [0.25, 0.3) is 0 Å². The maximum atomic E-state index is 13.5. The molecule has 0 fully saturated rings. The van der Waals surface area contributed by atoms with Crippen molar-refractivity contribution in [3.8, 4) is 0 Å². The van der Waals surface area contributed by atoms with Gasteiger partial charge < -0.3 is 0 Å². The molecule has 0 aliphatic rings. The van der Waals surface area contributed by atoms with Gasteiger partial charge in [0.1, 0.15) is 5.82 Å². The summed E-state index contributed by atoms with van der Waals surface area (Å²) in [5.74, 6) is 5.12. The van der Waals surface area contributed by atoms with Crippen LogP contribution >= 0.6 is 11.6 Å². The van der Waals surface area contributed by atoms with E-state index in [4.69, 9.17) is 17.4 Å². The molecule has 2 aromatic carbocycles. The minimum Gasteiger partial charge on any atom is -0.271 e. The zero-order valence-electron chi connectivity index (χ0n) is 9.95. The van der Waals surface area contributed by atoms with E-state index in [1.807, 2.05) is 31.2 Å². The third-order valence-corrected chi connectivity index (χ3v) is 3.27. The van der Waals surface area contributed by atoms with Crippen LogP contribution in [0.2, 0.25) is 5.02 Å². The van der Waals surface area contributed by atoms with E-state index in [0.717, 1.165) is 11.1 Å². The summed E-state index contributed by atoms with van der Waals surface area (Å²) in [6, 6.07) is 12.2. The first-order valence-corrected chi connectivity index (χ1v) is 5.98. The Morgan fingerprint density at radius 3 is 2.44 bits per heavy atom. The Hall–Kier alpha value is -1.42. The van der Waals surface area contributed by atoms with Gasteiger partial charge >= 0.3 is 0 Å². The number of hydrazine groups is 1. The first kappa shape index (κ1) is 13.0. The minimum atomic E-state index is -0.443. The highest BCUT2D eigenvalue weighted by atomic mass is 35.5. The lowest BCUT2D eigenvalue weighted by Gasteiger charge is -2.18. The van der Waals surface area contributed by atoms with Crippen LogP contribution in [0, 0.1) is 12.7 Å². The first-order valence-electron chi connectivity index (χ1n) is 5.60. The minimum absolute atomic E-state index is 0.0982. The molecule has 2 rings (SSSR count). The van der Waals surface area contributed by atoms with E-state index in [0.29, 0.717) is 5.56 Å². The van der Waals surface area contributed by atoms with Crippen molar-refractivity contribution in [1.82, 2.24) is 5.43 Å². The summed E-state index contributed by atoms with van der Waals surface area (Å²) in [5.41, 5.74) is 5.39. The lowest BCUT2D eigenvalue weighted by molar-refractivity contribution is 0.606. The smallest absolute Gasteiger partial charge is 0.142 e. The molecule has 3 N–H and O–H groups in total. The van der Waals surface area contributed by atoms with Gasteiger partial charge in [-0.1, -0.05) is 53.6 Å². The molecule has 94 valence electrons. The largest absolute Gasteiger partial charge is 0.271 e. The van der Waals surface area contributed by atoms with E-state index >= 15 is 0 Å². The van der Waals surface area contributed by atoms with Crippen molar-refractivity contribution in [3.05, 3.63) is 70.0 Å². The second-order valence-electron chi connectivity index (χ2n) is 4.15. The van der Waals surface area contributed by atoms with Gasteiger partial charge in [0.05, 0.1) is 11.1 Å². The van der Waals surface area contributed by atoms with Crippen LogP contribution in [0.4, 0.5) is 4.39 Å². The number of rotatable bonds is 3. The fraction of sp³-hybridized carbons (Fsp3) is 0.143. The summed E-state index contributed by atoms with van der Waals surface area (Å²) in [4.78, 5) is 0. The normalized spacial score (nSPS) is 12.4. The molecule has 0 spiro atoms. The highest BCUT2D eigenvalue weighted by Gasteiger charge is 2.17. The van der Waals surface area contributed by atoms with Gasteiger partial charge in [-0.25, -0.2) is 9.82 Å². The van der Waals surface area contributed by atoms with Crippen LogP contribution in [0.25, 0.3) is 0 Å². The van der Waals surface area contributed by atoms with Crippen molar-refractivity contribution in [1.29, 1.82) is 0 Å². The molecule has 18 heavy (non-hydrogen) atoms. The maximum absolute atomic E-state index is 13.5. The van der Waals surface area contributed by atoms with Gasteiger partial charge in [-0.05, 0) is 24.1 Å². The van der Waals surface area contributed by atoms with Crippen molar-refractivity contribution in [3.63, 3.8) is 0 Å². The van der Waals surface area contributed by atoms with E-state index in [2.05, 4.69) is 5.43 Å². The lowest BCUT2D eigenvalue weighted by atomic mass is 9.98. The third-order valence-electron chi connectivity index (χ3n) is 2.87. The second-order valence-corrected chi connectivity index (χ2v) is 4.53. The van der Waals surface area contributed by atoms with Gasteiger partial charge in [-0.3, -0.25) is 5.84 Å². The van der Waals surface area contributed by atoms with Gasteiger partial charge in [-0.2, -0.15) is 0 Å². The van der Waals surface area contributed by atoms with Crippen LogP contribution < -0.4 is 11.3 Å². The van der Waals surface area contributed by atoms with E-state index in [-0.39, 0.29) is 11.1 Å². The molecule has 0 bridgehead atoms. The quantitative estimate of drug-likeness (QED) is 0.659. The molecule has 2 aromatic rings. The molecular formula is C14H14ClFN2. The Balaban J connectivity index is 2.45. The highest BCUT2D eigenvalue weighted by Crippen LogP contribution is 2.29. The molecule has 0 radical (unpaired) electrons. The van der Waals surface area contributed by atoms with Gasteiger partial charge in [0, 0.05) is 0 Å². The van der Waals surface area contributed by atoms with Crippen molar-refractivity contribution in [2.45, 2.75) is 13.0 Å². The van der Waals surface area contributed by atoms with E-state index < -0.39 is 5.82 Å². The summed E-state index contributed by atoms with van der Waals surface area (Å²) in [6.07, 6.45) is 0. The van der Waals surface area contributed by atoms with E-state index in [1.165, 1.54) is 6.07 Å². The average molecular weight is 265 g/mol. The molecule has 2 nitrogen and oxygen atoms in total. The molecule has 0 amide bonds. The number of hydrogen-bond acceptors (Lipinski definition) is 2. The number of benzene rings is 2. The monoisotopic (exact) mass is 264 g/mol. The topological polar surface area (TPSA) is 38.0 Å². The molecule has 4 heteroatoms. The number of hydrogen-bond donors (Lipinski definition) is 2. The highest BCUT2D eigenvalue weighted by molar-refractivity contribution is 6.31. The summed E-state index contributed by atoms with van der Waals surface area (Å²) < 4.78 is 13.5. The Bertz CT molecular complexity index is 540. The SMILES string of the molecule is Cc1ccc(C(NN)c2cccc(F)c2Cl)cc1. The summed E-state index contributed by atoms with van der Waals surface area (Å²) in [5, 5.41) is 0.0982.